The van der Waals surface area contributed by atoms with Crippen LogP contribution in [0, 0.1) is 10.1 Å². The van der Waals surface area contributed by atoms with Crippen molar-refractivity contribution in [2.45, 2.75) is 11.6 Å². The molecule has 11 nitrogen and oxygen atoms in total. The lowest BCUT2D eigenvalue weighted by molar-refractivity contribution is -0.552. The second kappa shape index (κ2) is 10.0. The smallest absolute Gasteiger partial charge is 0.390 e. The van der Waals surface area contributed by atoms with Gasteiger partial charge in [0.1, 0.15) is 6.79 Å². The third-order valence-corrected chi connectivity index (χ3v) is 3.71. The van der Waals surface area contributed by atoms with Crippen molar-refractivity contribution in [2.24, 2.45) is 0 Å². The molecule has 0 amide bonds. The monoisotopic (exact) mass is 397 g/mol. The molecule has 0 radical (unpaired) electrons. The van der Waals surface area contributed by atoms with Crippen LogP contribution in [0.15, 0.2) is 42.5 Å². The summed E-state index contributed by atoms with van der Waals surface area (Å²) >= 11 is 0. The molecule has 2 rings (SSSR count). The van der Waals surface area contributed by atoms with Gasteiger partial charge in [0, 0.05) is 11.0 Å². The maximum atomic E-state index is 10.9. The van der Waals surface area contributed by atoms with Crippen LogP contribution in [0.2, 0.25) is 0 Å². The average Bonchev–Trinajstić information content (AvgIpc) is 2.68. The molecule has 0 fully saturated rings. The molecule has 2 atom stereocenters. The largest absolute Gasteiger partial charge is 0.493 e. The molecule has 11 heteroatoms. The quantitative estimate of drug-likeness (QED) is 0.342. The van der Waals surface area contributed by atoms with Crippen molar-refractivity contribution >= 4 is 11.9 Å². The number of carboxylic acids is 2. The van der Waals surface area contributed by atoms with E-state index in [9.17, 15) is 19.7 Å². The molecule has 0 aliphatic heterocycles. The first kappa shape index (κ1) is 22.6. The summed E-state index contributed by atoms with van der Waals surface area (Å²) in [6, 6.07) is 4.44. The number of aliphatic hydroxyl groups is 1. The van der Waals surface area contributed by atoms with Gasteiger partial charge < -0.3 is 29.5 Å². The molecule has 3 N–H and O–H groups in total. The number of nitro groups is 1. The van der Waals surface area contributed by atoms with Crippen LogP contribution in [0.3, 0.4) is 0 Å². The summed E-state index contributed by atoms with van der Waals surface area (Å²) in [6.45, 7) is -0.786. The lowest BCUT2D eigenvalue weighted by Gasteiger charge is -2.25. The minimum atomic E-state index is -2.36. The van der Waals surface area contributed by atoms with Crippen LogP contribution in [0.1, 0.15) is 10.4 Å². The van der Waals surface area contributed by atoms with Crippen LogP contribution in [-0.2, 0) is 9.53 Å². The minimum Gasteiger partial charge on any atom is -0.493 e. The Labute approximate surface area is 159 Å². The van der Waals surface area contributed by atoms with Crippen LogP contribution in [0.25, 0.3) is 0 Å². The zero-order valence-corrected chi connectivity index (χ0v) is 15.0. The van der Waals surface area contributed by atoms with Gasteiger partial charge in [0.15, 0.2) is 17.6 Å². The molecular weight excluding hydrogens is 378 g/mol. The molecule has 0 aromatic heterocycles. The van der Waals surface area contributed by atoms with Gasteiger partial charge in [-0.2, -0.15) is 0 Å². The maximum Gasteiger partial charge on any atom is 0.390 e. The SMILES string of the molecule is COc1ccc(C(=O)O)cc1OC.O=C(O)C1([N+](=O)[O-])C=CC=CC1OCO. The summed E-state index contributed by atoms with van der Waals surface area (Å²) in [5.74, 6) is -1.68. The molecule has 0 saturated heterocycles. The summed E-state index contributed by atoms with van der Waals surface area (Å²) in [5, 5.41) is 36.8. The number of carboxylic acid groups (broad SMARTS) is 2. The number of aliphatic carboxylic acids is 1. The van der Waals surface area contributed by atoms with Crippen molar-refractivity contribution in [2.75, 3.05) is 21.0 Å². The number of nitrogens with zero attached hydrogens (tertiary/aromatic N) is 1. The van der Waals surface area contributed by atoms with Crippen molar-refractivity contribution in [3.05, 3.63) is 58.2 Å². The molecular formula is C17H19NO10. The number of aliphatic hydroxyl groups excluding tert-OH is 1. The van der Waals surface area contributed by atoms with Crippen LogP contribution in [0.4, 0.5) is 0 Å². The second-order valence-electron chi connectivity index (χ2n) is 5.22. The van der Waals surface area contributed by atoms with Gasteiger partial charge in [-0.15, -0.1) is 0 Å². The Morgan fingerprint density at radius 1 is 1.18 bits per heavy atom. The van der Waals surface area contributed by atoms with E-state index in [1.807, 2.05) is 0 Å². The van der Waals surface area contributed by atoms with E-state index in [-0.39, 0.29) is 5.56 Å². The summed E-state index contributed by atoms with van der Waals surface area (Å²) in [5.41, 5.74) is -2.19. The first-order valence-electron chi connectivity index (χ1n) is 7.66. The lowest BCUT2D eigenvalue weighted by atomic mass is 9.89. The molecule has 152 valence electrons. The third-order valence-electron chi connectivity index (χ3n) is 3.71. The Hall–Kier alpha value is -3.44. The number of hydrogen-bond donors (Lipinski definition) is 3. The van der Waals surface area contributed by atoms with Crippen LogP contribution in [0.5, 0.6) is 11.5 Å². The highest BCUT2D eigenvalue weighted by molar-refractivity contribution is 5.88. The number of ether oxygens (including phenoxy) is 3. The lowest BCUT2D eigenvalue weighted by Crippen LogP contribution is -2.55. The third kappa shape index (κ3) is 4.84. The Kier molecular flexibility index (Phi) is 8.10. The second-order valence-corrected chi connectivity index (χ2v) is 5.22. The molecule has 0 spiro atoms. The molecule has 1 aromatic rings. The minimum absolute atomic E-state index is 0.178. The molecule has 28 heavy (non-hydrogen) atoms. The van der Waals surface area contributed by atoms with Gasteiger partial charge in [-0.25, -0.2) is 9.59 Å². The van der Waals surface area contributed by atoms with Crippen LogP contribution >= 0.6 is 0 Å². The van der Waals surface area contributed by atoms with Crippen LogP contribution in [-0.4, -0.2) is 64.8 Å². The fraction of sp³-hybridized carbons (Fsp3) is 0.294. The predicted octanol–water partition coefficient (Wildman–Crippen LogP) is 0.949. The van der Waals surface area contributed by atoms with E-state index in [1.165, 1.54) is 44.6 Å². The van der Waals surface area contributed by atoms with Crippen molar-refractivity contribution in [1.29, 1.82) is 0 Å². The van der Waals surface area contributed by atoms with Crippen LogP contribution < -0.4 is 9.47 Å². The van der Waals surface area contributed by atoms with E-state index in [0.29, 0.717) is 11.5 Å². The van der Waals surface area contributed by atoms with E-state index >= 15 is 0 Å². The fourth-order valence-electron chi connectivity index (χ4n) is 2.28. The number of allylic oxidation sites excluding steroid dienone is 2. The zero-order valence-electron chi connectivity index (χ0n) is 15.0. The van der Waals surface area contributed by atoms with E-state index < -0.39 is 35.3 Å². The molecule has 1 aromatic carbocycles. The number of hydrogen-bond acceptors (Lipinski definition) is 8. The van der Waals surface area contributed by atoms with Crippen molar-refractivity contribution in [1.82, 2.24) is 0 Å². The highest BCUT2D eigenvalue weighted by Crippen LogP contribution is 2.27. The first-order valence-corrected chi connectivity index (χ1v) is 7.66. The molecule has 0 saturated carbocycles. The van der Waals surface area contributed by atoms with Crippen molar-refractivity contribution in [3.63, 3.8) is 0 Å². The maximum absolute atomic E-state index is 10.9. The van der Waals surface area contributed by atoms with Gasteiger partial charge in [0.2, 0.25) is 0 Å². The fourth-order valence-corrected chi connectivity index (χ4v) is 2.28. The summed E-state index contributed by atoms with van der Waals surface area (Å²) < 4.78 is 14.5. The summed E-state index contributed by atoms with van der Waals surface area (Å²) in [6.07, 6.45) is 3.50. The highest BCUT2D eigenvalue weighted by Gasteiger charge is 2.57. The number of methoxy groups -OCH3 is 2. The molecule has 1 aliphatic carbocycles. The molecule has 0 bridgehead atoms. The molecule has 0 heterocycles. The summed E-state index contributed by atoms with van der Waals surface area (Å²) in [4.78, 5) is 31.3. The zero-order chi connectivity index (χ0) is 21.3. The Bertz CT molecular complexity index is 772. The summed E-state index contributed by atoms with van der Waals surface area (Å²) in [7, 11) is 2.96. The predicted molar refractivity (Wildman–Crippen MR) is 94.1 cm³/mol. The number of aromatic carboxylic acids is 1. The Balaban J connectivity index is 0.000000283. The van der Waals surface area contributed by atoms with Gasteiger partial charge in [-0.1, -0.05) is 12.2 Å². The van der Waals surface area contributed by atoms with E-state index in [4.69, 9.17) is 24.8 Å². The van der Waals surface area contributed by atoms with Gasteiger partial charge in [-0.3, -0.25) is 10.1 Å². The van der Waals surface area contributed by atoms with Gasteiger partial charge in [0.25, 0.3) is 0 Å². The van der Waals surface area contributed by atoms with E-state index in [2.05, 4.69) is 4.74 Å². The first-order chi connectivity index (χ1) is 13.2. The van der Waals surface area contributed by atoms with E-state index in [0.717, 1.165) is 6.08 Å². The standard InChI is InChI=1S/C9H10O4.C8H9NO6/c1-12-7-4-3-6(9(10)11)5-8(7)13-2;10-5-15-6-3-1-2-4-8(6,7(11)12)9(13)14/h3-5H,1-2H3,(H,10,11);1-4,6,10H,5H2,(H,11,12). The molecule has 2 unspecified atom stereocenters. The van der Waals surface area contributed by atoms with Gasteiger partial charge >= 0.3 is 17.5 Å². The number of carbonyl (C=O) groups is 2. The van der Waals surface area contributed by atoms with Crippen molar-refractivity contribution < 1.29 is 44.0 Å². The number of benzene rings is 1. The van der Waals surface area contributed by atoms with Gasteiger partial charge in [0.05, 0.1) is 19.8 Å². The van der Waals surface area contributed by atoms with Gasteiger partial charge in [-0.05, 0) is 24.3 Å². The Morgan fingerprint density at radius 2 is 1.82 bits per heavy atom. The number of rotatable bonds is 7. The molecule has 1 aliphatic rings. The highest BCUT2D eigenvalue weighted by atomic mass is 16.6. The topological polar surface area (TPSA) is 166 Å². The van der Waals surface area contributed by atoms with Crippen molar-refractivity contribution in [3.8, 4) is 11.5 Å². The van der Waals surface area contributed by atoms with E-state index in [1.54, 1.807) is 6.07 Å². The average molecular weight is 397 g/mol. The Morgan fingerprint density at radius 3 is 2.29 bits per heavy atom. The normalized spacial score (nSPS) is 19.9.